The van der Waals surface area contributed by atoms with Crippen LogP contribution in [-0.4, -0.2) is 31.0 Å². The lowest BCUT2D eigenvalue weighted by atomic mass is 9.95. The van der Waals surface area contributed by atoms with Crippen LogP contribution < -0.4 is 10.1 Å². The number of anilines is 1. The van der Waals surface area contributed by atoms with Crippen molar-refractivity contribution >= 4 is 11.6 Å². The molecular weight excluding hydrogens is 324 g/mol. The molecule has 0 aliphatic carbocycles. The number of carbonyl (C=O) groups is 1. The second-order valence-corrected chi connectivity index (χ2v) is 7.23. The highest BCUT2D eigenvalue weighted by Crippen LogP contribution is 2.27. The molecule has 1 heterocycles. The van der Waals surface area contributed by atoms with Gasteiger partial charge in [0.2, 0.25) is 5.91 Å². The summed E-state index contributed by atoms with van der Waals surface area (Å²) in [6.07, 6.45) is 1.79. The van der Waals surface area contributed by atoms with Crippen molar-refractivity contribution < 1.29 is 9.53 Å². The van der Waals surface area contributed by atoms with Crippen molar-refractivity contribution in [3.8, 4) is 5.75 Å². The van der Waals surface area contributed by atoms with Crippen molar-refractivity contribution in [1.82, 2.24) is 4.90 Å². The molecule has 138 valence electrons. The van der Waals surface area contributed by atoms with E-state index in [-0.39, 0.29) is 11.8 Å². The monoisotopic (exact) mass is 352 g/mol. The van der Waals surface area contributed by atoms with Crippen molar-refractivity contribution in [1.29, 1.82) is 0 Å². The number of amides is 1. The van der Waals surface area contributed by atoms with Crippen molar-refractivity contribution in [3.63, 3.8) is 0 Å². The lowest BCUT2D eigenvalue weighted by Gasteiger charge is -2.31. The summed E-state index contributed by atoms with van der Waals surface area (Å²) in [5, 5.41) is 3.06. The van der Waals surface area contributed by atoms with Gasteiger partial charge in [-0.05, 0) is 63.0 Å². The average Bonchev–Trinajstić information content (AvgIpc) is 2.64. The summed E-state index contributed by atoms with van der Waals surface area (Å²) in [5.41, 5.74) is 4.49. The van der Waals surface area contributed by atoms with Crippen molar-refractivity contribution in [2.45, 2.75) is 33.2 Å². The van der Waals surface area contributed by atoms with E-state index in [1.165, 1.54) is 11.1 Å². The van der Waals surface area contributed by atoms with E-state index in [0.29, 0.717) is 5.75 Å². The molecule has 0 unspecified atom stereocenters. The molecule has 0 radical (unpaired) electrons. The highest BCUT2D eigenvalue weighted by atomic mass is 16.5. The predicted molar refractivity (Wildman–Crippen MR) is 106 cm³/mol. The Bertz CT molecular complexity index is 747. The zero-order chi connectivity index (χ0) is 18.5. The lowest BCUT2D eigenvalue weighted by Crippen LogP contribution is -2.37. The average molecular weight is 352 g/mol. The third kappa shape index (κ3) is 4.64. The summed E-state index contributed by atoms with van der Waals surface area (Å²) in [6, 6.07) is 14.5. The van der Waals surface area contributed by atoms with Crippen LogP contribution in [0.1, 0.15) is 29.5 Å². The summed E-state index contributed by atoms with van der Waals surface area (Å²) < 4.78 is 5.36. The predicted octanol–water partition coefficient (Wildman–Crippen LogP) is 4.16. The van der Waals surface area contributed by atoms with E-state index in [1.807, 2.05) is 25.1 Å². The molecule has 0 bridgehead atoms. The van der Waals surface area contributed by atoms with E-state index in [9.17, 15) is 4.79 Å². The van der Waals surface area contributed by atoms with E-state index in [4.69, 9.17) is 4.74 Å². The number of ether oxygens (including phenoxy) is 1. The van der Waals surface area contributed by atoms with Crippen LogP contribution in [0.15, 0.2) is 42.5 Å². The fourth-order valence-electron chi connectivity index (χ4n) is 3.46. The quantitative estimate of drug-likeness (QED) is 0.878. The topological polar surface area (TPSA) is 41.6 Å². The van der Waals surface area contributed by atoms with Gasteiger partial charge in [0, 0.05) is 12.5 Å². The van der Waals surface area contributed by atoms with E-state index in [1.54, 1.807) is 7.11 Å². The maximum absolute atomic E-state index is 12.7. The highest BCUT2D eigenvalue weighted by molar-refractivity contribution is 5.94. The van der Waals surface area contributed by atoms with Gasteiger partial charge in [-0.2, -0.15) is 0 Å². The Balaban J connectivity index is 1.53. The zero-order valence-corrected chi connectivity index (χ0v) is 15.9. The van der Waals surface area contributed by atoms with Gasteiger partial charge in [-0.1, -0.05) is 35.9 Å². The minimum atomic E-state index is 0.0643. The first kappa shape index (κ1) is 18.5. The van der Waals surface area contributed by atoms with Gasteiger partial charge in [-0.25, -0.2) is 0 Å². The van der Waals surface area contributed by atoms with Crippen LogP contribution in [0.25, 0.3) is 0 Å². The molecule has 0 spiro atoms. The second kappa shape index (κ2) is 8.37. The van der Waals surface area contributed by atoms with Gasteiger partial charge in [0.25, 0.3) is 0 Å². The van der Waals surface area contributed by atoms with E-state index in [2.05, 4.69) is 41.4 Å². The Morgan fingerprint density at radius 2 is 1.73 bits per heavy atom. The Morgan fingerprint density at radius 1 is 1.08 bits per heavy atom. The van der Waals surface area contributed by atoms with E-state index in [0.717, 1.165) is 43.7 Å². The zero-order valence-electron chi connectivity index (χ0n) is 15.9. The molecule has 1 saturated heterocycles. The molecule has 1 N–H and O–H groups in total. The largest absolute Gasteiger partial charge is 0.495 e. The van der Waals surface area contributed by atoms with Crippen LogP contribution in [0.5, 0.6) is 5.75 Å². The van der Waals surface area contributed by atoms with Crippen molar-refractivity contribution in [2.75, 3.05) is 25.5 Å². The third-order valence-electron chi connectivity index (χ3n) is 5.10. The number of nitrogens with one attached hydrogen (secondary N) is 1. The number of hydrogen-bond acceptors (Lipinski definition) is 3. The maximum Gasteiger partial charge on any atom is 0.227 e. The second-order valence-electron chi connectivity index (χ2n) is 7.23. The molecule has 0 atom stereocenters. The van der Waals surface area contributed by atoms with Gasteiger partial charge in [0.15, 0.2) is 0 Å². The Hall–Kier alpha value is -2.33. The molecule has 1 amide bonds. The molecule has 1 aliphatic heterocycles. The number of likely N-dealkylation sites (tertiary alicyclic amines) is 1. The smallest absolute Gasteiger partial charge is 0.227 e. The Morgan fingerprint density at radius 3 is 2.38 bits per heavy atom. The van der Waals surface area contributed by atoms with Gasteiger partial charge >= 0.3 is 0 Å². The summed E-state index contributed by atoms with van der Waals surface area (Å²) >= 11 is 0. The molecule has 1 aliphatic rings. The van der Waals surface area contributed by atoms with Crippen LogP contribution in [0, 0.1) is 19.8 Å². The van der Waals surface area contributed by atoms with Crippen molar-refractivity contribution in [2.24, 2.45) is 5.92 Å². The van der Waals surface area contributed by atoms with Crippen LogP contribution in [0.4, 0.5) is 5.69 Å². The Kier molecular flexibility index (Phi) is 5.94. The number of rotatable bonds is 5. The summed E-state index contributed by atoms with van der Waals surface area (Å²) in [4.78, 5) is 15.1. The molecule has 0 aromatic heterocycles. The fraction of sp³-hybridized carbons (Fsp3) is 0.409. The third-order valence-corrected chi connectivity index (χ3v) is 5.10. The van der Waals surface area contributed by atoms with Gasteiger partial charge < -0.3 is 10.1 Å². The number of carbonyl (C=O) groups excluding carboxylic acids is 1. The van der Waals surface area contributed by atoms with Gasteiger partial charge in [-0.3, -0.25) is 9.69 Å². The van der Waals surface area contributed by atoms with Crippen LogP contribution in [0.3, 0.4) is 0 Å². The molecule has 0 saturated carbocycles. The molecule has 26 heavy (non-hydrogen) atoms. The van der Waals surface area contributed by atoms with Crippen molar-refractivity contribution in [3.05, 3.63) is 59.2 Å². The number of piperidine rings is 1. The molecule has 2 aromatic rings. The normalized spacial score (nSPS) is 15.7. The Labute approximate surface area is 156 Å². The summed E-state index contributed by atoms with van der Waals surface area (Å²) in [5.74, 6) is 0.874. The fourth-order valence-corrected chi connectivity index (χ4v) is 3.46. The van der Waals surface area contributed by atoms with E-state index < -0.39 is 0 Å². The molecule has 4 nitrogen and oxygen atoms in total. The molecule has 2 aromatic carbocycles. The lowest BCUT2D eigenvalue weighted by molar-refractivity contribution is -0.121. The van der Waals surface area contributed by atoms with Gasteiger partial charge in [0.05, 0.1) is 12.8 Å². The van der Waals surface area contributed by atoms with Gasteiger partial charge in [-0.15, -0.1) is 0 Å². The number of aryl methyl sites for hydroxylation is 2. The first-order chi connectivity index (χ1) is 12.5. The maximum atomic E-state index is 12.7. The number of benzene rings is 2. The highest BCUT2D eigenvalue weighted by Gasteiger charge is 2.25. The van der Waals surface area contributed by atoms with E-state index >= 15 is 0 Å². The number of methoxy groups -OCH3 is 1. The summed E-state index contributed by atoms with van der Waals surface area (Å²) in [6.45, 7) is 6.99. The number of nitrogens with zero attached hydrogens (tertiary/aromatic N) is 1. The first-order valence-electron chi connectivity index (χ1n) is 9.28. The van der Waals surface area contributed by atoms with Crippen LogP contribution in [-0.2, 0) is 11.3 Å². The molecule has 3 rings (SSSR count). The van der Waals surface area contributed by atoms with Crippen LogP contribution in [0.2, 0.25) is 0 Å². The minimum Gasteiger partial charge on any atom is -0.495 e. The number of hydrogen-bond donors (Lipinski definition) is 1. The van der Waals surface area contributed by atoms with Crippen LogP contribution >= 0.6 is 0 Å². The molecular formula is C22H28N2O2. The standard InChI is InChI=1S/C22H28N2O2/c1-16-4-7-18(8-5-16)15-24-12-10-19(11-13-24)22(25)23-20-14-17(2)6-9-21(20)26-3/h4-9,14,19H,10-13,15H2,1-3H3,(H,23,25). The first-order valence-corrected chi connectivity index (χ1v) is 9.28. The molecule has 4 heteroatoms. The van der Waals surface area contributed by atoms with Gasteiger partial charge in [0.1, 0.15) is 5.75 Å². The SMILES string of the molecule is COc1ccc(C)cc1NC(=O)C1CCN(Cc2ccc(C)cc2)CC1. The molecule has 1 fully saturated rings. The minimum absolute atomic E-state index is 0.0643. The summed E-state index contributed by atoms with van der Waals surface area (Å²) in [7, 11) is 1.63.